The molecule has 1 aliphatic heterocycles. The number of nitro benzene ring substituents is 1. The van der Waals surface area contributed by atoms with Crippen molar-refractivity contribution in [2.24, 2.45) is 5.41 Å². The summed E-state index contributed by atoms with van der Waals surface area (Å²) in [6.07, 6.45) is 2.48. The van der Waals surface area contributed by atoms with Crippen LogP contribution >= 0.6 is 27.5 Å². The lowest BCUT2D eigenvalue weighted by Crippen LogP contribution is -2.39. The normalized spacial score (nSPS) is 19.4. The Bertz CT molecular complexity index is 1280. The van der Waals surface area contributed by atoms with Gasteiger partial charge in [0.2, 0.25) is 0 Å². The first kappa shape index (κ1) is 24.1. The van der Waals surface area contributed by atoms with E-state index in [4.69, 9.17) is 11.6 Å². The third-order valence-electron chi connectivity index (χ3n) is 5.95. The highest BCUT2D eigenvalue weighted by Crippen LogP contribution is 2.47. The lowest BCUT2D eigenvalue weighted by Gasteiger charge is -2.39. The predicted octanol–water partition coefficient (Wildman–Crippen LogP) is 5.65. The molecule has 4 rings (SSSR count). The number of hydrogen-bond donors (Lipinski definition) is 2. The standard InChI is InChI=1S/C24H22BrClN4O4/c1-12-20(23(32)29-19-7-5-14(25)11-27-19)21(13-4-6-15(26)17(8-13)30(33)34)22-16(28-12)9-24(2,3)10-18(22)31/h4-8,11,21,28H,9-10H2,1-3H3,(H,27,29,32)/t21-/m1/s1. The van der Waals surface area contributed by atoms with E-state index in [1.807, 2.05) is 13.8 Å². The average Bonchev–Trinajstić information content (AvgIpc) is 2.73. The second kappa shape index (κ2) is 8.96. The number of rotatable bonds is 4. The number of halogens is 2. The zero-order chi connectivity index (χ0) is 24.8. The van der Waals surface area contributed by atoms with Crippen molar-refractivity contribution in [2.45, 2.75) is 39.5 Å². The first-order valence-corrected chi connectivity index (χ1v) is 11.7. The number of pyridine rings is 1. The number of anilines is 1. The number of amides is 1. The third kappa shape index (κ3) is 4.63. The fraction of sp³-hybridized carbons (Fsp3) is 0.292. The molecule has 1 amide bonds. The van der Waals surface area contributed by atoms with Crippen molar-refractivity contribution >= 4 is 50.7 Å². The number of hydrogen-bond acceptors (Lipinski definition) is 6. The maximum atomic E-state index is 13.5. The number of benzene rings is 1. The Morgan fingerprint density at radius 2 is 2.03 bits per heavy atom. The van der Waals surface area contributed by atoms with Gasteiger partial charge in [0.1, 0.15) is 10.8 Å². The van der Waals surface area contributed by atoms with E-state index in [9.17, 15) is 19.7 Å². The molecule has 0 saturated carbocycles. The van der Waals surface area contributed by atoms with Gasteiger partial charge in [0.05, 0.1) is 4.92 Å². The second-order valence-electron chi connectivity index (χ2n) is 9.21. The Balaban J connectivity index is 1.85. The molecule has 0 bridgehead atoms. The fourth-order valence-corrected chi connectivity index (χ4v) is 4.97. The largest absolute Gasteiger partial charge is 0.362 e. The van der Waals surface area contributed by atoms with Gasteiger partial charge in [-0.25, -0.2) is 4.98 Å². The molecule has 0 saturated heterocycles. The number of Topliss-reactive ketones (excluding diaryl/α,β-unsaturated/α-hetero) is 1. The molecule has 1 atom stereocenters. The minimum atomic E-state index is -0.786. The first-order chi connectivity index (χ1) is 16.0. The Labute approximate surface area is 209 Å². The van der Waals surface area contributed by atoms with E-state index in [1.165, 1.54) is 12.1 Å². The number of dihydropyridines is 1. The van der Waals surface area contributed by atoms with E-state index in [0.717, 1.165) is 10.2 Å². The van der Waals surface area contributed by atoms with E-state index in [1.54, 1.807) is 31.3 Å². The first-order valence-electron chi connectivity index (χ1n) is 10.6. The van der Waals surface area contributed by atoms with E-state index in [0.29, 0.717) is 41.1 Å². The molecular weight excluding hydrogens is 524 g/mol. The zero-order valence-electron chi connectivity index (χ0n) is 18.7. The minimum absolute atomic E-state index is 0.0150. The highest BCUT2D eigenvalue weighted by molar-refractivity contribution is 9.10. The molecule has 0 radical (unpaired) electrons. The van der Waals surface area contributed by atoms with Crippen LogP contribution in [0.2, 0.25) is 5.02 Å². The molecule has 0 spiro atoms. The molecule has 1 aromatic carbocycles. The Kier molecular flexibility index (Phi) is 6.35. The number of allylic oxidation sites excluding steroid dienone is 3. The van der Waals surface area contributed by atoms with Gasteiger partial charge in [-0.05, 0) is 58.5 Å². The van der Waals surface area contributed by atoms with E-state index in [2.05, 4.69) is 31.5 Å². The summed E-state index contributed by atoms with van der Waals surface area (Å²) in [6, 6.07) is 7.79. The summed E-state index contributed by atoms with van der Waals surface area (Å²) in [5.74, 6) is -0.996. The van der Waals surface area contributed by atoms with E-state index >= 15 is 0 Å². The minimum Gasteiger partial charge on any atom is -0.362 e. The molecule has 10 heteroatoms. The molecule has 1 aromatic heterocycles. The number of nitro groups is 1. The maximum Gasteiger partial charge on any atom is 0.288 e. The monoisotopic (exact) mass is 544 g/mol. The van der Waals surface area contributed by atoms with Crippen LogP contribution < -0.4 is 10.6 Å². The van der Waals surface area contributed by atoms with Crippen molar-refractivity contribution in [3.63, 3.8) is 0 Å². The predicted molar refractivity (Wildman–Crippen MR) is 132 cm³/mol. The van der Waals surface area contributed by atoms with Crippen LogP contribution in [-0.4, -0.2) is 21.6 Å². The van der Waals surface area contributed by atoms with Crippen LogP contribution in [0.4, 0.5) is 11.5 Å². The van der Waals surface area contributed by atoms with Gasteiger partial charge in [-0.2, -0.15) is 0 Å². The van der Waals surface area contributed by atoms with E-state index < -0.39 is 16.7 Å². The Hall–Kier alpha value is -3.04. The van der Waals surface area contributed by atoms with Gasteiger partial charge in [-0.1, -0.05) is 31.5 Å². The van der Waals surface area contributed by atoms with Crippen LogP contribution in [-0.2, 0) is 9.59 Å². The summed E-state index contributed by atoms with van der Waals surface area (Å²) in [5, 5.41) is 17.6. The molecule has 176 valence electrons. The number of carbonyl (C=O) groups is 2. The van der Waals surface area contributed by atoms with Gasteiger partial charge in [0, 0.05) is 51.6 Å². The number of carbonyl (C=O) groups excluding carboxylic acids is 2. The summed E-state index contributed by atoms with van der Waals surface area (Å²) in [4.78, 5) is 42.0. The van der Waals surface area contributed by atoms with Gasteiger partial charge >= 0.3 is 0 Å². The van der Waals surface area contributed by atoms with Gasteiger partial charge in [0.25, 0.3) is 11.6 Å². The van der Waals surface area contributed by atoms with Crippen LogP contribution in [0.3, 0.4) is 0 Å². The summed E-state index contributed by atoms with van der Waals surface area (Å²) >= 11 is 9.36. The molecule has 2 heterocycles. The lowest BCUT2D eigenvalue weighted by molar-refractivity contribution is -0.384. The third-order valence-corrected chi connectivity index (χ3v) is 6.74. The van der Waals surface area contributed by atoms with Crippen molar-refractivity contribution < 1.29 is 14.5 Å². The molecule has 0 unspecified atom stereocenters. The number of aromatic nitrogens is 1. The van der Waals surface area contributed by atoms with E-state index in [-0.39, 0.29) is 21.9 Å². The van der Waals surface area contributed by atoms with Crippen LogP contribution in [0.1, 0.15) is 45.1 Å². The Morgan fingerprint density at radius 1 is 1.29 bits per heavy atom. The summed E-state index contributed by atoms with van der Waals surface area (Å²) in [6.45, 7) is 5.79. The SMILES string of the molecule is CC1=C(C(=O)Nc2ccc(Br)cn2)[C@@H](c2ccc(Cl)c([N+](=O)[O-])c2)C2=C(CC(C)(C)CC2=O)N1. The summed E-state index contributed by atoms with van der Waals surface area (Å²) < 4.78 is 0.761. The van der Waals surface area contributed by atoms with Crippen molar-refractivity contribution in [1.29, 1.82) is 0 Å². The number of nitrogens with zero attached hydrogens (tertiary/aromatic N) is 2. The molecule has 34 heavy (non-hydrogen) atoms. The van der Waals surface area contributed by atoms with Crippen molar-refractivity contribution in [3.8, 4) is 0 Å². The van der Waals surface area contributed by atoms with Crippen LogP contribution in [0, 0.1) is 15.5 Å². The van der Waals surface area contributed by atoms with Gasteiger partial charge in [0.15, 0.2) is 5.78 Å². The van der Waals surface area contributed by atoms with Gasteiger partial charge in [-0.3, -0.25) is 19.7 Å². The molecule has 8 nitrogen and oxygen atoms in total. The van der Waals surface area contributed by atoms with Crippen molar-refractivity contribution in [3.05, 3.63) is 84.2 Å². The second-order valence-corrected chi connectivity index (χ2v) is 10.5. The van der Waals surface area contributed by atoms with Gasteiger partial charge < -0.3 is 10.6 Å². The molecule has 2 aliphatic rings. The summed E-state index contributed by atoms with van der Waals surface area (Å²) in [7, 11) is 0. The number of ketones is 1. The molecule has 0 fully saturated rings. The summed E-state index contributed by atoms with van der Waals surface area (Å²) in [5.41, 5.74) is 1.98. The topological polar surface area (TPSA) is 114 Å². The van der Waals surface area contributed by atoms with Gasteiger partial charge in [-0.15, -0.1) is 0 Å². The highest BCUT2D eigenvalue weighted by atomic mass is 79.9. The average molecular weight is 546 g/mol. The van der Waals surface area contributed by atoms with Crippen molar-refractivity contribution in [2.75, 3.05) is 5.32 Å². The fourth-order valence-electron chi connectivity index (χ4n) is 4.55. The molecular formula is C24H22BrClN4O4. The van der Waals surface area contributed by atoms with Crippen LogP contribution in [0.15, 0.2) is 63.5 Å². The quantitative estimate of drug-likeness (QED) is 0.379. The zero-order valence-corrected chi connectivity index (χ0v) is 21.1. The van der Waals surface area contributed by atoms with Crippen LogP contribution in [0.25, 0.3) is 0 Å². The highest BCUT2D eigenvalue weighted by Gasteiger charge is 2.43. The number of nitrogens with one attached hydrogen (secondary N) is 2. The van der Waals surface area contributed by atoms with Crippen molar-refractivity contribution in [1.82, 2.24) is 10.3 Å². The molecule has 2 N–H and O–H groups in total. The maximum absolute atomic E-state index is 13.5. The molecule has 2 aromatic rings. The lowest BCUT2D eigenvalue weighted by atomic mass is 9.68. The van der Waals surface area contributed by atoms with Crippen LogP contribution in [0.5, 0.6) is 0 Å². The smallest absolute Gasteiger partial charge is 0.288 e. The Morgan fingerprint density at radius 3 is 2.68 bits per heavy atom. The molecule has 1 aliphatic carbocycles.